The van der Waals surface area contributed by atoms with Gasteiger partial charge in [-0.2, -0.15) is 0 Å². The summed E-state index contributed by atoms with van der Waals surface area (Å²) in [6, 6.07) is 18.8. The van der Waals surface area contributed by atoms with Gasteiger partial charge in [0, 0.05) is 46.6 Å². The lowest BCUT2D eigenvalue weighted by molar-refractivity contribution is -0.121. The predicted molar refractivity (Wildman–Crippen MR) is 142 cm³/mol. The van der Waals surface area contributed by atoms with Crippen LogP contribution < -0.4 is 10.1 Å². The molecule has 1 saturated carbocycles. The molecule has 4 aromatic rings. The van der Waals surface area contributed by atoms with Crippen LogP contribution in [0.3, 0.4) is 0 Å². The Morgan fingerprint density at radius 1 is 1.00 bits per heavy atom. The van der Waals surface area contributed by atoms with Crippen molar-refractivity contribution in [3.8, 4) is 5.75 Å². The molecule has 2 heterocycles. The third-order valence-electron chi connectivity index (χ3n) is 6.68. The normalized spacial score (nSPS) is 14.2. The number of ether oxygens (including phenoxy) is 1. The van der Waals surface area contributed by atoms with Crippen molar-refractivity contribution in [3.63, 3.8) is 0 Å². The zero-order chi connectivity index (χ0) is 24.0. The van der Waals surface area contributed by atoms with Gasteiger partial charge >= 0.3 is 0 Å². The molecule has 1 fully saturated rings. The van der Waals surface area contributed by atoms with Crippen LogP contribution in [0.5, 0.6) is 5.75 Å². The fourth-order valence-corrected chi connectivity index (χ4v) is 5.11. The minimum Gasteiger partial charge on any atom is -0.489 e. The molecule has 0 unspecified atom stereocenters. The second kappa shape index (κ2) is 11.1. The average Bonchev–Trinajstić information content (AvgIpc) is 3.21. The number of nitrogens with one attached hydrogen (secondary N) is 1. The van der Waals surface area contributed by atoms with E-state index in [0.29, 0.717) is 19.1 Å². The largest absolute Gasteiger partial charge is 0.489 e. The molecule has 2 aromatic carbocycles. The van der Waals surface area contributed by atoms with Crippen molar-refractivity contribution in [2.75, 3.05) is 0 Å². The van der Waals surface area contributed by atoms with Crippen molar-refractivity contribution in [3.05, 3.63) is 94.4 Å². The smallest absolute Gasteiger partial charge is 0.224 e. The van der Waals surface area contributed by atoms with Gasteiger partial charge in [0.2, 0.25) is 5.91 Å². The minimum absolute atomic E-state index is 0.0997. The number of hydrogen-bond donors (Lipinski definition) is 1. The highest BCUT2D eigenvalue weighted by atomic mass is 79.9. The number of carbonyl (C=O) groups is 1. The van der Waals surface area contributed by atoms with Gasteiger partial charge < -0.3 is 14.6 Å². The van der Waals surface area contributed by atoms with Crippen molar-refractivity contribution in [2.45, 2.75) is 57.7 Å². The molecule has 0 saturated heterocycles. The number of amides is 1. The molecule has 5 nitrogen and oxygen atoms in total. The summed E-state index contributed by atoms with van der Waals surface area (Å²) in [5.74, 6) is 0.896. The van der Waals surface area contributed by atoms with Gasteiger partial charge in [0.25, 0.3) is 0 Å². The molecule has 1 aliphatic rings. The van der Waals surface area contributed by atoms with E-state index < -0.39 is 0 Å². The number of aromatic nitrogens is 2. The molecule has 2 aromatic heterocycles. The summed E-state index contributed by atoms with van der Waals surface area (Å²) in [7, 11) is 0. The van der Waals surface area contributed by atoms with Crippen LogP contribution in [-0.4, -0.2) is 21.5 Å². The lowest BCUT2D eigenvalue weighted by Crippen LogP contribution is -2.37. The molecule has 35 heavy (non-hydrogen) atoms. The van der Waals surface area contributed by atoms with E-state index in [2.05, 4.69) is 73.4 Å². The van der Waals surface area contributed by atoms with Gasteiger partial charge in [0.1, 0.15) is 12.4 Å². The van der Waals surface area contributed by atoms with E-state index in [9.17, 15) is 4.79 Å². The van der Waals surface area contributed by atoms with Crippen LogP contribution in [0.4, 0.5) is 0 Å². The third-order valence-corrected chi connectivity index (χ3v) is 7.21. The molecular formula is C29H30BrN3O2. The topological polar surface area (TPSA) is 56.2 Å². The number of hydrogen-bond acceptors (Lipinski definition) is 3. The van der Waals surface area contributed by atoms with E-state index in [4.69, 9.17) is 4.74 Å². The molecule has 1 aliphatic carbocycles. The fraction of sp³-hybridized carbons (Fsp3) is 0.310. The lowest BCUT2D eigenvalue weighted by atomic mass is 9.95. The fourth-order valence-electron chi connectivity index (χ4n) is 4.84. The van der Waals surface area contributed by atoms with Crippen LogP contribution in [-0.2, 0) is 24.4 Å². The molecule has 0 radical (unpaired) electrons. The van der Waals surface area contributed by atoms with E-state index in [1.165, 1.54) is 24.8 Å². The summed E-state index contributed by atoms with van der Waals surface area (Å²) in [4.78, 5) is 17.0. The Kier molecular flexibility index (Phi) is 7.48. The van der Waals surface area contributed by atoms with Gasteiger partial charge in [0.15, 0.2) is 0 Å². The first kappa shape index (κ1) is 23.6. The van der Waals surface area contributed by atoms with E-state index >= 15 is 0 Å². The maximum absolute atomic E-state index is 13.0. The minimum atomic E-state index is 0.0997. The molecule has 1 amide bonds. The Hall–Kier alpha value is -3.12. The van der Waals surface area contributed by atoms with Crippen LogP contribution in [0, 0.1) is 0 Å². The summed E-state index contributed by atoms with van der Waals surface area (Å²) in [5, 5.41) is 4.33. The van der Waals surface area contributed by atoms with Crippen molar-refractivity contribution >= 4 is 32.7 Å². The van der Waals surface area contributed by atoms with Crippen LogP contribution in [0.25, 0.3) is 10.9 Å². The van der Waals surface area contributed by atoms with Gasteiger partial charge in [-0.25, -0.2) is 0 Å². The summed E-state index contributed by atoms with van der Waals surface area (Å²) >= 11 is 3.51. The molecule has 6 heteroatoms. The van der Waals surface area contributed by atoms with Gasteiger partial charge in [-0.1, -0.05) is 47.3 Å². The maximum Gasteiger partial charge on any atom is 0.224 e. The Balaban J connectivity index is 1.40. The molecule has 0 aliphatic heterocycles. The maximum atomic E-state index is 13.0. The Morgan fingerprint density at radius 2 is 1.77 bits per heavy atom. The zero-order valence-electron chi connectivity index (χ0n) is 19.8. The van der Waals surface area contributed by atoms with E-state index in [-0.39, 0.29) is 5.91 Å². The first-order valence-corrected chi connectivity index (χ1v) is 13.1. The first-order chi connectivity index (χ1) is 17.1. The van der Waals surface area contributed by atoms with Crippen molar-refractivity contribution in [1.29, 1.82) is 0 Å². The summed E-state index contributed by atoms with van der Waals surface area (Å²) in [6.45, 7) is 1.22. The molecule has 5 rings (SSSR count). The second-order valence-electron chi connectivity index (χ2n) is 9.31. The summed E-state index contributed by atoms with van der Waals surface area (Å²) in [5.41, 5.74) is 4.41. The van der Waals surface area contributed by atoms with Gasteiger partial charge in [-0.05, 0) is 72.0 Å². The molecule has 1 N–H and O–H groups in total. The number of benzene rings is 2. The molecule has 0 spiro atoms. The standard InChI is InChI=1S/C29H30BrN3O2/c30-24-8-6-21(7-9-24)18-33-19-23(16-29(34)32-25-4-2-1-3-5-25)27-17-26(10-11-28(27)33)35-20-22-12-14-31-15-13-22/h6-15,17,19,25H,1-5,16,18,20H2,(H,32,34). The van der Waals surface area contributed by atoms with Crippen LogP contribution in [0.1, 0.15) is 48.8 Å². The average molecular weight is 532 g/mol. The van der Waals surface area contributed by atoms with Gasteiger partial charge in [0.05, 0.1) is 6.42 Å². The molecule has 180 valence electrons. The van der Waals surface area contributed by atoms with Crippen molar-refractivity contribution in [1.82, 2.24) is 14.9 Å². The van der Waals surface area contributed by atoms with Gasteiger partial charge in [-0.15, -0.1) is 0 Å². The highest BCUT2D eigenvalue weighted by Crippen LogP contribution is 2.28. The first-order valence-electron chi connectivity index (χ1n) is 12.3. The number of carbonyl (C=O) groups excluding carboxylic acids is 1. The summed E-state index contributed by atoms with van der Waals surface area (Å²) in [6.07, 6.45) is 11.9. The predicted octanol–water partition coefficient (Wildman–Crippen LogP) is 6.42. The van der Waals surface area contributed by atoms with E-state index in [0.717, 1.165) is 51.6 Å². The monoisotopic (exact) mass is 531 g/mol. The molecule has 0 atom stereocenters. The van der Waals surface area contributed by atoms with Crippen LogP contribution in [0.2, 0.25) is 0 Å². The quantitative estimate of drug-likeness (QED) is 0.285. The van der Waals surface area contributed by atoms with E-state index in [1.54, 1.807) is 12.4 Å². The number of rotatable bonds is 8. The number of halogens is 1. The van der Waals surface area contributed by atoms with Crippen molar-refractivity contribution < 1.29 is 9.53 Å². The Labute approximate surface area is 214 Å². The third kappa shape index (κ3) is 6.12. The van der Waals surface area contributed by atoms with Crippen molar-refractivity contribution in [2.24, 2.45) is 0 Å². The SMILES string of the molecule is O=C(Cc1cn(Cc2ccc(Br)cc2)c2ccc(OCc3ccncc3)cc12)NC1CCCCC1. The highest BCUT2D eigenvalue weighted by Gasteiger charge is 2.18. The zero-order valence-corrected chi connectivity index (χ0v) is 21.3. The number of pyridine rings is 1. The van der Waals surface area contributed by atoms with E-state index in [1.807, 2.05) is 18.2 Å². The second-order valence-corrected chi connectivity index (χ2v) is 10.2. The molecule has 0 bridgehead atoms. The van der Waals surface area contributed by atoms with Crippen LogP contribution in [0.15, 0.2) is 77.7 Å². The number of fused-ring (bicyclic) bond motifs is 1. The van der Waals surface area contributed by atoms with Crippen LogP contribution >= 0.6 is 15.9 Å². The molecular weight excluding hydrogens is 502 g/mol. The Morgan fingerprint density at radius 3 is 2.54 bits per heavy atom. The number of nitrogens with zero attached hydrogens (tertiary/aromatic N) is 2. The van der Waals surface area contributed by atoms with Gasteiger partial charge in [-0.3, -0.25) is 9.78 Å². The highest BCUT2D eigenvalue weighted by molar-refractivity contribution is 9.10. The summed E-state index contributed by atoms with van der Waals surface area (Å²) < 4.78 is 9.37. The Bertz CT molecular complexity index is 1280. The lowest BCUT2D eigenvalue weighted by Gasteiger charge is -2.22.